The Morgan fingerprint density at radius 1 is 1.37 bits per heavy atom. The van der Waals surface area contributed by atoms with E-state index in [0.717, 1.165) is 0 Å². The van der Waals surface area contributed by atoms with Crippen molar-refractivity contribution >= 4 is 11.8 Å². The third-order valence-corrected chi connectivity index (χ3v) is 2.34. The van der Waals surface area contributed by atoms with Crippen molar-refractivity contribution in [3.05, 3.63) is 23.7 Å². The highest BCUT2D eigenvalue weighted by atomic mass is 16.5. The Labute approximate surface area is 110 Å². The highest BCUT2D eigenvalue weighted by Gasteiger charge is 2.16. The van der Waals surface area contributed by atoms with E-state index in [4.69, 9.17) is 9.15 Å². The van der Waals surface area contributed by atoms with Crippen LogP contribution in [0, 0.1) is 6.92 Å². The molecule has 0 fully saturated rings. The average molecular weight is 270 g/mol. The number of aryl methyl sites for hydroxylation is 1. The second-order valence-corrected chi connectivity index (χ2v) is 3.92. The summed E-state index contributed by atoms with van der Waals surface area (Å²) in [5, 5.41) is 14.4. The summed E-state index contributed by atoms with van der Waals surface area (Å²) in [4.78, 5) is 22.7. The lowest BCUT2D eigenvalue weighted by atomic mass is 10.2. The van der Waals surface area contributed by atoms with E-state index in [0.29, 0.717) is 18.1 Å². The molecule has 1 aromatic rings. The average Bonchev–Trinajstić information content (AvgIpc) is 2.82. The van der Waals surface area contributed by atoms with Gasteiger partial charge >= 0.3 is 11.8 Å². The number of carbonyl (C=O) groups excluding carboxylic acids is 2. The molecule has 1 atom stereocenters. The fourth-order valence-electron chi connectivity index (χ4n) is 1.35. The van der Waals surface area contributed by atoms with Gasteiger partial charge in [0.2, 0.25) is 0 Å². The first kappa shape index (κ1) is 15.2. The van der Waals surface area contributed by atoms with Crippen molar-refractivity contribution < 1.29 is 23.8 Å². The van der Waals surface area contributed by atoms with Gasteiger partial charge in [-0.05, 0) is 19.1 Å². The predicted molar refractivity (Wildman–Crippen MR) is 66.3 cm³/mol. The van der Waals surface area contributed by atoms with Crippen molar-refractivity contribution in [2.24, 2.45) is 0 Å². The molecule has 0 saturated carbocycles. The van der Waals surface area contributed by atoms with Crippen LogP contribution in [0.5, 0.6) is 0 Å². The van der Waals surface area contributed by atoms with Gasteiger partial charge in [-0.15, -0.1) is 0 Å². The minimum Gasteiger partial charge on any atom is -0.464 e. The van der Waals surface area contributed by atoms with Crippen LogP contribution in [0.25, 0.3) is 0 Å². The Kier molecular flexibility index (Phi) is 6.04. The van der Waals surface area contributed by atoms with E-state index in [1.807, 2.05) is 0 Å². The lowest BCUT2D eigenvalue weighted by Crippen LogP contribution is -2.42. The van der Waals surface area contributed by atoms with E-state index in [-0.39, 0.29) is 13.1 Å². The number of amides is 2. The number of rotatable bonds is 6. The summed E-state index contributed by atoms with van der Waals surface area (Å²) in [5.74, 6) is -0.561. The van der Waals surface area contributed by atoms with Crippen molar-refractivity contribution in [1.29, 1.82) is 0 Å². The maximum atomic E-state index is 11.4. The summed E-state index contributed by atoms with van der Waals surface area (Å²) in [6, 6.07) is 3.32. The van der Waals surface area contributed by atoms with Crippen molar-refractivity contribution in [2.75, 3.05) is 26.8 Å². The van der Waals surface area contributed by atoms with Crippen LogP contribution in [-0.4, -0.2) is 43.7 Å². The molecule has 0 saturated heterocycles. The number of carbonyl (C=O) groups is 2. The SMILES string of the molecule is COCCNC(=O)C(=O)NC[C@@H](O)c1ccc(C)o1. The van der Waals surface area contributed by atoms with Gasteiger partial charge in [0.25, 0.3) is 0 Å². The molecular formula is C12H18N2O5. The molecule has 0 spiro atoms. The third-order valence-electron chi connectivity index (χ3n) is 2.34. The van der Waals surface area contributed by atoms with Crippen molar-refractivity contribution in [3.63, 3.8) is 0 Å². The lowest BCUT2D eigenvalue weighted by Gasteiger charge is -2.09. The van der Waals surface area contributed by atoms with Gasteiger partial charge in [-0.3, -0.25) is 9.59 Å². The zero-order chi connectivity index (χ0) is 14.3. The van der Waals surface area contributed by atoms with E-state index in [2.05, 4.69) is 10.6 Å². The van der Waals surface area contributed by atoms with E-state index in [9.17, 15) is 14.7 Å². The summed E-state index contributed by atoms with van der Waals surface area (Å²) >= 11 is 0. The molecular weight excluding hydrogens is 252 g/mol. The molecule has 0 unspecified atom stereocenters. The van der Waals surface area contributed by atoms with Crippen LogP contribution in [0.3, 0.4) is 0 Å². The largest absolute Gasteiger partial charge is 0.464 e. The topological polar surface area (TPSA) is 101 Å². The van der Waals surface area contributed by atoms with Crippen LogP contribution in [0.1, 0.15) is 17.6 Å². The smallest absolute Gasteiger partial charge is 0.309 e. The van der Waals surface area contributed by atoms with E-state index in [1.165, 1.54) is 7.11 Å². The molecule has 2 amide bonds. The van der Waals surface area contributed by atoms with Crippen LogP contribution >= 0.6 is 0 Å². The first-order valence-electron chi connectivity index (χ1n) is 5.84. The highest BCUT2D eigenvalue weighted by Crippen LogP contribution is 2.14. The van der Waals surface area contributed by atoms with Crippen LogP contribution in [0.15, 0.2) is 16.5 Å². The number of hydrogen-bond donors (Lipinski definition) is 3. The molecule has 19 heavy (non-hydrogen) atoms. The first-order valence-corrected chi connectivity index (χ1v) is 5.84. The van der Waals surface area contributed by atoms with Gasteiger partial charge < -0.3 is 24.9 Å². The van der Waals surface area contributed by atoms with Crippen molar-refractivity contribution in [2.45, 2.75) is 13.0 Å². The molecule has 7 heteroatoms. The maximum Gasteiger partial charge on any atom is 0.309 e. The summed E-state index contributed by atoms with van der Waals surface area (Å²) in [7, 11) is 1.49. The van der Waals surface area contributed by atoms with Gasteiger partial charge in [0.1, 0.15) is 17.6 Å². The molecule has 1 aromatic heterocycles. The number of nitrogens with one attached hydrogen (secondary N) is 2. The van der Waals surface area contributed by atoms with Gasteiger partial charge in [0.05, 0.1) is 13.2 Å². The molecule has 1 heterocycles. The van der Waals surface area contributed by atoms with Gasteiger partial charge in [0.15, 0.2) is 0 Å². The number of ether oxygens (including phenoxy) is 1. The zero-order valence-corrected chi connectivity index (χ0v) is 10.9. The highest BCUT2D eigenvalue weighted by molar-refractivity contribution is 6.35. The minimum absolute atomic E-state index is 0.0938. The zero-order valence-electron chi connectivity index (χ0n) is 10.9. The first-order chi connectivity index (χ1) is 9.04. The van der Waals surface area contributed by atoms with Gasteiger partial charge in [-0.1, -0.05) is 0 Å². The third kappa shape index (κ3) is 5.11. The normalized spacial score (nSPS) is 11.9. The Hall–Kier alpha value is -1.86. The molecule has 7 nitrogen and oxygen atoms in total. The van der Waals surface area contributed by atoms with Crippen molar-refractivity contribution in [1.82, 2.24) is 10.6 Å². The standard InChI is InChI=1S/C12H18N2O5/c1-8-3-4-10(19-8)9(15)7-14-12(17)11(16)13-5-6-18-2/h3-4,9,15H,5-7H2,1-2H3,(H,13,16)(H,14,17)/t9-/m1/s1. The van der Waals surface area contributed by atoms with Crippen LogP contribution in [0.2, 0.25) is 0 Å². The Balaban J connectivity index is 2.31. The molecule has 0 bridgehead atoms. The van der Waals surface area contributed by atoms with Gasteiger partial charge in [0, 0.05) is 13.7 Å². The lowest BCUT2D eigenvalue weighted by molar-refractivity contribution is -0.139. The number of aliphatic hydroxyl groups is 1. The van der Waals surface area contributed by atoms with Gasteiger partial charge in [-0.25, -0.2) is 0 Å². The molecule has 106 valence electrons. The Morgan fingerprint density at radius 3 is 2.63 bits per heavy atom. The number of aliphatic hydroxyl groups excluding tert-OH is 1. The molecule has 0 aliphatic carbocycles. The fraction of sp³-hybridized carbons (Fsp3) is 0.500. The monoisotopic (exact) mass is 270 g/mol. The fourth-order valence-corrected chi connectivity index (χ4v) is 1.35. The Bertz CT molecular complexity index is 430. The summed E-state index contributed by atoms with van der Waals surface area (Å²) < 4.78 is 9.93. The number of methoxy groups -OCH3 is 1. The van der Waals surface area contributed by atoms with Gasteiger partial charge in [-0.2, -0.15) is 0 Å². The molecule has 0 aliphatic heterocycles. The summed E-state index contributed by atoms with van der Waals surface area (Å²) in [6.45, 7) is 2.23. The molecule has 1 rings (SSSR count). The second kappa shape index (κ2) is 7.55. The second-order valence-electron chi connectivity index (χ2n) is 3.92. The molecule has 0 radical (unpaired) electrons. The predicted octanol–water partition coefficient (Wildman–Crippen LogP) is -0.500. The van der Waals surface area contributed by atoms with Crippen LogP contribution in [0.4, 0.5) is 0 Å². The maximum absolute atomic E-state index is 11.4. The molecule has 0 aliphatic rings. The van der Waals surface area contributed by atoms with E-state index in [1.54, 1.807) is 19.1 Å². The van der Waals surface area contributed by atoms with E-state index >= 15 is 0 Å². The quantitative estimate of drug-likeness (QED) is 0.478. The Morgan fingerprint density at radius 2 is 2.05 bits per heavy atom. The van der Waals surface area contributed by atoms with Crippen LogP contribution < -0.4 is 10.6 Å². The van der Waals surface area contributed by atoms with Crippen molar-refractivity contribution in [3.8, 4) is 0 Å². The van der Waals surface area contributed by atoms with Crippen LogP contribution in [-0.2, 0) is 14.3 Å². The molecule has 3 N–H and O–H groups in total. The minimum atomic E-state index is -0.982. The summed E-state index contributed by atoms with van der Waals surface area (Å²) in [5.41, 5.74) is 0. The number of furan rings is 1. The molecule has 0 aromatic carbocycles. The number of hydrogen-bond acceptors (Lipinski definition) is 5. The van der Waals surface area contributed by atoms with E-state index < -0.39 is 17.9 Å². The summed E-state index contributed by atoms with van der Waals surface area (Å²) in [6.07, 6.45) is -0.982.